The van der Waals surface area contributed by atoms with E-state index >= 15 is 0 Å². The summed E-state index contributed by atoms with van der Waals surface area (Å²) in [6, 6.07) is 0.0877. The Hall–Kier alpha value is -3.47. The van der Waals surface area contributed by atoms with Gasteiger partial charge in [-0.2, -0.15) is 0 Å². The zero-order chi connectivity index (χ0) is 27.9. The number of nitrogens with one attached hydrogen (secondary N) is 1. The van der Waals surface area contributed by atoms with Crippen molar-refractivity contribution in [3.8, 4) is 11.8 Å². The largest absolute Gasteiger partial charge is 0.444 e. The summed E-state index contributed by atoms with van der Waals surface area (Å²) in [5, 5.41) is 23.9. The Labute approximate surface area is 226 Å². The van der Waals surface area contributed by atoms with Gasteiger partial charge in [-0.3, -0.25) is 9.36 Å². The number of carbonyl (C=O) groups is 2. The van der Waals surface area contributed by atoms with Gasteiger partial charge in [0.15, 0.2) is 23.8 Å². The summed E-state index contributed by atoms with van der Waals surface area (Å²) >= 11 is 0. The second-order valence-electron chi connectivity index (χ2n) is 11.4. The number of carbonyl (C=O) groups excluding carboxylic acids is 2. The molecule has 3 fully saturated rings. The number of anilines is 1. The molecule has 0 radical (unpaired) electrons. The highest BCUT2D eigenvalue weighted by atomic mass is 16.6. The van der Waals surface area contributed by atoms with Crippen molar-refractivity contribution >= 4 is 29.0 Å². The third-order valence-electron chi connectivity index (χ3n) is 7.00. The molecule has 13 nitrogen and oxygen atoms in total. The lowest BCUT2D eigenvalue weighted by Gasteiger charge is -2.32. The Kier molecular flexibility index (Phi) is 7.37. The predicted octanol–water partition coefficient (Wildman–Crippen LogP) is 0.695. The van der Waals surface area contributed by atoms with Gasteiger partial charge in [-0.1, -0.05) is 5.92 Å². The number of nitrogens with two attached hydrogens (primary N) is 1. The lowest BCUT2D eigenvalue weighted by molar-refractivity contribution is -0.137. The van der Waals surface area contributed by atoms with Crippen LogP contribution in [0.2, 0.25) is 0 Å². The Bertz CT molecular complexity index is 1300. The van der Waals surface area contributed by atoms with Gasteiger partial charge in [0.2, 0.25) is 5.82 Å². The van der Waals surface area contributed by atoms with Crippen molar-refractivity contribution in [2.24, 2.45) is 5.92 Å². The van der Waals surface area contributed by atoms with Crippen LogP contribution in [0.3, 0.4) is 0 Å². The number of hydrogen-bond donors (Lipinski definition) is 4. The van der Waals surface area contributed by atoms with Crippen LogP contribution in [0.25, 0.3) is 11.2 Å². The van der Waals surface area contributed by atoms with E-state index in [4.69, 9.17) is 15.2 Å². The highest BCUT2D eigenvalue weighted by Gasteiger charge is 2.48. The van der Waals surface area contributed by atoms with Crippen LogP contribution in [-0.4, -0.2) is 89.7 Å². The van der Waals surface area contributed by atoms with Crippen molar-refractivity contribution in [3.63, 3.8) is 0 Å². The second kappa shape index (κ2) is 10.6. The number of aromatic nitrogens is 4. The summed E-state index contributed by atoms with van der Waals surface area (Å²) in [4.78, 5) is 39.4. The van der Waals surface area contributed by atoms with E-state index in [-0.39, 0.29) is 29.4 Å². The van der Waals surface area contributed by atoms with Crippen LogP contribution in [0, 0.1) is 17.8 Å². The minimum Gasteiger partial charge on any atom is -0.444 e. The average Bonchev–Trinajstić information content (AvgIpc) is 3.50. The third kappa shape index (κ3) is 6.08. The monoisotopic (exact) mass is 541 g/mol. The van der Waals surface area contributed by atoms with Crippen LogP contribution in [0.1, 0.15) is 64.9 Å². The molecule has 4 atom stereocenters. The first-order chi connectivity index (χ1) is 18.5. The van der Waals surface area contributed by atoms with Crippen LogP contribution in [0.15, 0.2) is 6.33 Å². The minimum absolute atomic E-state index is 0.0877. The Morgan fingerprint density at radius 2 is 1.90 bits per heavy atom. The molecular formula is C26H35N7O6. The number of rotatable bonds is 4. The number of ether oxygens (including phenoxy) is 2. The average molecular weight is 542 g/mol. The van der Waals surface area contributed by atoms with E-state index in [1.165, 1.54) is 10.9 Å². The van der Waals surface area contributed by atoms with Gasteiger partial charge in [0.1, 0.15) is 23.3 Å². The molecule has 2 saturated heterocycles. The number of nitrogen functional groups attached to an aromatic ring is 1. The lowest BCUT2D eigenvalue weighted by atomic mass is 9.94. The first-order valence-electron chi connectivity index (χ1n) is 13.3. The molecule has 2 aliphatic heterocycles. The van der Waals surface area contributed by atoms with Gasteiger partial charge in [-0.05, 0) is 58.3 Å². The van der Waals surface area contributed by atoms with Crippen molar-refractivity contribution in [2.75, 3.05) is 18.8 Å². The second-order valence-corrected chi connectivity index (χ2v) is 11.4. The third-order valence-corrected chi connectivity index (χ3v) is 7.00. The van der Waals surface area contributed by atoms with Crippen LogP contribution in [-0.2, 0) is 14.3 Å². The molecule has 1 aliphatic carbocycles. The molecule has 5 rings (SSSR count). The van der Waals surface area contributed by atoms with Gasteiger partial charge in [-0.25, -0.2) is 19.7 Å². The maximum absolute atomic E-state index is 12.5. The Balaban J connectivity index is 1.24. The number of aliphatic hydroxyl groups excluding tert-OH is 2. The van der Waals surface area contributed by atoms with Gasteiger partial charge < -0.3 is 35.6 Å². The van der Waals surface area contributed by atoms with Gasteiger partial charge in [0.25, 0.3) is 5.91 Å². The number of amides is 2. The fraction of sp³-hybridized carbons (Fsp3) is 0.654. The normalized spacial score (nSPS) is 25.8. The summed E-state index contributed by atoms with van der Waals surface area (Å²) < 4.78 is 12.6. The topological polar surface area (TPSA) is 178 Å². The zero-order valence-electron chi connectivity index (χ0n) is 22.3. The van der Waals surface area contributed by atoms with E-state index in [9.17, 15) is 19.8 Å². The van der Waals surface area contributed by atoms with Crippen molar-refractivity contribution in [1.29, 1.82) is 0 Å². The molecule has 2 amide bonds. The molecule has 0 bridgehead atoms. The van der Waals surface area contributed by atoms with E-state index in [1.807, 2.05) is 20.8 Å². The standard InChI is InChI=1S/C26H35N7O6/c1-26(2,3)39-25(37)32-11-9-14(10-12-32)5-4-6-16-30-21(27)17-22(31-16)33(13-28-17)24-19(35)18(34)20(38-24)23(36)29-15-7-8-15/h13-15,18-20,24,34-35H,5,7-12H2,1-3H3,(H,29,36)(H2,27,30,31)/t18-,19+,20-,24+/m0/s1. The van der Waals surface area contributed by atoms with E-state index in [2.05, 4.69) is 32.1 Å². The Morgan fingerprint density at radius 1 is 1.18 bits per heavy atom. The summed E-state index contributed by atoms with van der Waals surface area (Å²) in [6.07, 6.45) is 0.00354. The highest BCUT2D eigenvalue weighted by molar-refractivity contribution is 5.83. The number of imidazole rings is 1. The number of fused-ring (bicyclic) bond motifs is 1. The van der Waals surface area contributed by atoms with Gasteiger partial charge >= 0.3 is 6.09 Å². The molecular weight excluding hydrogens is 506 g/mol. The van der Waals surface area contributed by atoms with Crippen molar-refractivity contribution in [3.05, 3.63) is 12.2 Å². The van der Waals surface area contributed by atoms with Crippen LogP contribution < -0.4 is 11.1 Å². The van der Waals surface area contributed by atoms with Crippen molar-refractivity contribution < 1.29 is 29.3 Å². The van der Waals surface area contributed by atoms with Crippen molar-refractivity contribution in [2.45, 2.75) is 89.1 Å². The van der Waals surface area contributed by atoms with Gasteiger partial charge in [-0.15, -0.1) is 0 Å². The molecule has 0 unspecified atom stereocenters. The summed E-state index contributed by atoms with van der Waals surface area (Å²) in [6.45, 7) is 6.79. The number of aliphatic hydroxyl groups is 2. The molecule has 0 spiro atoms. The first-order valence-corrected chi connectivity index (χ1v) is 13.3. The van der Waals surface area contributed by atoms with E-state index < -0.39 is 36.0 Å². The van der Waals surface area contributed by atoms with E-state index in [0.717, 1.165) is 25.7 Å². The lowest BCUT2D eigenvalue weighted by Crippen LogP contribution is -2.43. The summed E-state index contributed by atoms with van der Waals surface area (Å²) in [5.41, 5.74) is 6.16. The van der Waals surface area contributed by atoms with E-state index in [0.29, 0.717) is 30.9 Å². The fourth-order valence-electron chi connectivity index (χ4n) is 4.72. The molecule has 5 N–H and O–H groups in total. The molecule has 210 valence electrons. The molecule has 4 heterocycles. The molecule has 13 heteroatoms. The highest BCUT2D eigenvalue weighted by Crippen LogP contribution is 2.33. The maximum atomic E-state index is 12.5. The predicted molar refractivity (Wildman–Crippen MR) is 139 cm³/mol. The molecule has 2 aromatic heterocycles. The Morgan fingerprint density at radius 3 is 2.56 bits per heavy atom. The zero-order valence-corrected chi connectivity index (χ0v) is 22.3. The SMILES string of the molecule is CC(C)(C)OC(=O)N1CCC(CC#Cc2nc(N)c3ncn([C@@H]4O[C@H](C(=O)NC5CC5)[C@@H](O)[C@H]4O)c3n2)CC1. The number of hydrogen-bond acceptors (Lipinski definition) is 10. The maximum Gasteiger partial charge on any atom is 0.410 e. The molecule has 2 aromatic rings. The van der Waals surface area contributed by atoms with Crippen LogP contribution >= 0.6 is 0 Å². The smallest absolute Gasteiger partial charge is 0.410 e. The quantitative estimate of drug-likeness (QED) is 0.403. The van der Waals surface area contributed by atoms with Crippen LogP contribution in [0.5, 0.6) is 0 Å². The first kappa shape index (κ1) is 27.1. The van der Waals surface area contributed by atoms with Gasteiger partial charge in [0, 0.05) is 25.6 Å². The number of piperidine rings is 1. The van der Waals surface area contributed by atoms with Crippen LogP contribution in [0.4, 0.5) is 10.6 Å². The van der Waals surface area contributed by atoms with E-state index in [1.54, 1.807) is 4.90 Å². The van der Waals surface area contributed by atoms with Gasteiger partial charge in [0.05, 0.1) is 6.33 Å². The number of likely N-dealkylation sites (tertiary alicyclic amines) is 1. The fourth-order valence-corrected chi connectivity index (χ4v) is 4.72. The van der Waals surface area contributed by atoms with Crippen molar-refractivity contribution in [1.82, 2.24) is 29.7 Å². The molecule has 3 aliphatic rings. The molecule has 0 aromatic carbocycles. The molecule has 39 heavy (non-hydrogen) atoms. The summed E-state index contributed by atoms with van der Waals surface area (Å²) in [7, 11) is 0. The molecule has 1 saturated carbocycles. The summed E-state index contributed by atoms with van der Waals surface area (Å²) in [5.74, 6) is 6.24. The number of nitrogens with zero attached hydrogens (tertiary/aromatic N) is 5. The minimum atomic E-state index is -1.41.